The van der Waals surface area contributed by atoms with Crippen LogP contribution in [0.4, 0.5) is 0 Å². The number of hydrogen-bond acceptors (Lipinski definition) is 4. The molecule has 0 saturated heterocycles. The summed E-state index contributed by atoms with van der Waals surface area (Å²) in [5.41, 5.74) is 1.70. The van der Waals surface area contributed by atoms with Gasteiger partial charge in [0.1, 0.15) is 6.67 Å². The summed E-state index contributed by atoms with van der Waals surface area (Å²) in [5.74, 6) is -0.192. The van der Waals surface area contributed by atoms with Crippen molar-refractivity contribution in [3.05, 3.63) is 59.6 Å². The second kappa shape index (κ2) is 5.72. The summed E-state index contributed by atoms with van der Waals surface area (Å²) < 4.78 is 8.22. The fourth-order valence-corrected chi connectivity index (χ4v) is 2.06. The molecule has 7 heteroatoms. The summed E-state index contributed by atoms with van der Waals surface area (Å²) in [6, 6.07) is 7.46. The molecular formula is C15H14N4O3. The van der Waals surface area contributed by atoms with Gasteiger partial charge in [0.15, 0.2) is 0 Å². The van der Waals surface area contributed by atoms with Gasteiger partial charge in [-0.1, -0.05) is 12.1 Å². The van der Waals surface area contributed by atoms with E-state index in [1.165, 1.54) is 11.7 Å². The van der Waals surface area contributed by atoms with Crippen LogP contribution in [0.15, 0.2) is 58.5 Å². The zero-order valence-electron chi connectivity index (χ0n) is 11.9. The van der Waals surface area contributed by atoms with Crippen LogP contribution >= 0.6 is 0 Å². The first-order valence-corrected chi connectivity index (χ1v) is 6.67. The van der Waals surface area contributed by atoms with Gasteiger partial charge in [0.05, 0.1) is 18.1 Å². The molecule has 3 rings (SSSR count). The molecule has 0 radical (unpaired) electrons. The number of nitrogens with zero attached hydrogens (tertiary/aromatic N) is 3. The van der Waals surface area contributed by atoms with Gasteiger partial charge in [-0.25, -0.2) is 9.78 Å². The molecule has 0 unspecified atom stereocenters. The highest BCUT2D eigenvalue weighted by molar-refractivity contribution is 5.72. The molecule has 0 fully saturated rings. The van der Waals surface area contributed by atoms with Gasteiger partial charge in [-0.15, -0.1) is 0 Å². The van der Waals surface area contributed by atoms with E-state index in [2.05, 4.69) is 10.3 Å². The van der Waals surface area contributed by atoms with Gasteiger partial charge >= 0.3 is 5.63 Å². The first-order chi connectivity index (χ1) is 10.6. The smallest absolute Gasteiger partial charge is 0.336 e. The Bertz CT molecular complexity index is 829. The van der Waals surface area contributed by atoms with Gasteiger partial charge in [-0.05, 0) is 17.7 Å². The summed E-state index contributed by atoms with van der Waals surface area (Å²) in [5, 5.41) is 2.56. The van der Waals surface area contributed by atoms with Crippen LogP contribution in [0.25, 0.3) is 16.8 Å². The van der Waals surface area contributed by atoms with E-state index in [1.807, 2.05) is 35.0 Å². The first kappa shape index (κ1) is 13.9. The molecule has 1 N–H and O–H groups in total. The summed E-state index contributed by atoms with van der Waals surface area (Å²) in [6.45, 7) is 1.52. The van der Waals surface area contributed by atoms with Gasteiger partial charge in [-0.2, -0.15) is 4.74 Å². The van der Waals surface area contributed by atoms with Gasteiger partial charge < -0.3 is 14.4 Å². The van der Waals surface area contributed by atoms with Crippen molar-refractivity contribution in [2.45, 2.75) is 13.6 Å². The fourth-order valence-electron chi connectivity index (χ4n) is 2.06. The highest BCUT2D eigenvalue weighted by atomic mass is 16.5. The molecule has 0 aliphatic rings. The van der Waals surface area contributed by atoms with E-state index in [9.17, 15) is 9.59 Å². The summed E-state index contributed by atoms with van der Waals surface area (Å²) in [7, 11) is 0. The number of benzene rings is 1. The van der Waals surface area contributed by atoms with Crippen LogP contribution in [0.5, 0.6) is 0 Å². The largest absolute Gasteiger partial charge is 0.365 e. The summed E-state index contributed by atoms with van der Waals surface area (Å²) in [6.07, 6.45) is 6.82. The molecular weight excluding hydrogens is 284 g/mol. The molecule has 22 heavy (non-hydrogen) atoms. The lowest BCUT2D eigenvalue weighted by atomic mass is 10.1. The minimum Gasteiger partial charge on any atom is -0.336 e. The maximum atomic E-state index is 11.9. The normalized spacial score (nSPS) is 10.6. The fraction of sp³-hybridized carbons (Fsp3) is 0.133. The lowest BCUT2D eigenvalue weighted by Crippen LogP contribution is -2.22. The Morgan fingerprint density at radius 3 is 2.73 bits per heavy atom. The zero-order valence-corrected chi connectivity index (χ0v) is 11.9. The topological polar surface area (TPSA) is 82.1 Å². The van der Waals surface area contributed by atoms with Crippen molar-refractivity contribution in [2.75, 3.05) is 0 Å². The van der Waals surface area contributed by atoms with Crippen molar-refractivity contribution in [1.29, 1.82) is 0 Å². The quantitative estimate of drug-likeness (QED) is 0.789. The lowest BCUT2D eigenvalue weighted by Gasteiger charge is -2.02. The van der Waals surface area contributed by atoms with E-state index in [0.717, 1.165) is 11.3 Å². The van der Waals surface area contributed by atoms with E-state index >= 15 is 0 Å². The highest BCUT2D eigenvalue weighted by Crippen LogP contribution is 2.18. The van der Waals surface area contributed by atoms with E-state index in [4.69, 9.17) is 4.52 Å². The number of rotatable bonds is 4. The molecule has 0 spiro atoms. The first-order valence-electron chi connectivity index (χ1n) is 6.67. The number of amides is 1. The number of carbonyl (C=O) groups is 1. The Morgan fingerprint density at radius 1 is 1.32 bits per heavy atom. The van der Waals surface area contributed by atoms with E-state index in [0.29, 0.717) is 5.56 Å². The predicted octanol–water partition coefficient (Wildman–Crippen LogP) is 1.39. The number of carbonyl (C=O) groups excluding carboxylic acids is 1. The maximum Gasteiger partial charge on any atom is 0.365 e. The molecule has 1 amide bonds. The Hall–Kier alpha value is -3.09. The van der Waals surface area contributed by atoms with Crippen LogP contribution in [-0.2, 0) is 11.5 Å². The van der Waals surface area contributed by atoms with Crippen molar-refractivity contribution < 1.29 is 9.32 Å². The van der Waals surface area contributed by atoms with Crippen LogP contribution in [0.1, 0.15) is 6.92 Å². The molecule has 0 atom stereocenters. The van der Waals surface area contributed by atoms with Gasteiger partial charge in [0.25, 0.3) is 0 Å². The van der Waals surface area contributed by atoms with Crippen molar-refractivity contribution in [3.8, 4) is 16.8 Å². The Kier molecular flexibility index (Phi) is 3.61. The minimum absolute atomic E-state index is 0.123. The van der Waals surface area contributed by atoms with Crippen LogP contribution < -0.4 is 10.9 Å². The number of aromatic nitrogens is 3. The Balaban J connectivity index is 1.85. The Labute approximate surface area is 125 Å². The molecule has 3 aromatic rings. The maximum absolute atomic E-state index is 11.9. The molecule has 2 aromatic heterocycles. The summed E-state index contributed by atoms with van der Waals surface area (Å²) in [4.78, 5) is 26.8. The van der Waals surface area contributed by atoms with Crippen LogP contribution in [0.3, 0.4) is 0 Å². The molecule has 0 aliphatic heterocycles. The third-order valence-electron chi connectivity index (χ3n) is 3.16. The van der Waals surface area contributed by atoms with Crippen molar-refractivity contribution in [2.24, 2.45) is 0 Å². The zero-order chi connectivity index (χ0) is 15.5. The number of imidazole rings is 1. The molecule has 0 aliphatic carbocycles. The predicted molar refractivity (Wildman–Crippen MR) is 79.3 cm³/mol. The number of nitrogens with one attached hydrogen (secondary N) is 1. The molecule has 1 aromatic carbocycles. The summed E-state index contributed by atoms with van der Waals surface area (Å²) >= 11 is 0. The van der Waals surface area contributed by atoms with Crippen molar-refractivity contribution in [3.63, 3.8) is 0 Å². The minimum atomic E-state index is -0.444. The third kappa shape index (κ3) is 2.83. The molecule has 7 nitrogen and oxygen atoms in total. The van der Waals surface area contributed by atoms with Crippen LogP contribution in [0, 0.1) is 0 Å². The van der Waals surface area contributed by atoms with E-state index in [-0.39, 0.29) is 12.6 Å². The lowest BCUT2D eigenvalue weighted by molar-refractivity contribution is -0.119. The third-order valence-corrected chi connectivity index (χ3v) is 3.16. The van der Waals surface area contributed by atoms with Crippen molar-refractivity contribution in [1.82, 2.24) is 19.6 Å². The van der Waals surface area contributed by atoms with E-state index in [1.54, 1.807) is 18.7 Å². The average Bonchev–Trinajstić information content (AvgIpc) is 3.15. The average molecular weight is 298 g/mol. The van der Waals surface area contributed by atoms with Crippen molar-refractivity contribution >= 4 is 5.91 Å². The van der Waals surface area contributed by atoms with Crippen LogP contribution in [0.2, 0.25) is 0 Å². The SMILES string of the molecule is CC(=O)NCn1cc(-c2ccc(-n3ccnc3)cc2)c(=O)o1. The molecule has 0 bridgehead atoms. The van der Waals surface area contributed by atoms with Gasteiger partial charge in [0.2, 0.25) is 5.91 Å². The number of hydrogen-bond donors (Lipinski definition) is 1. The molecule has 2 heterocycles. The molecule has 112 valence electrons. The Morgan fingerprint density at radius 2 is 2.09 bits per heavy atom. The van der Waals surface area contributed by atoms with Gasteiger partial charge in [-0.3, -0.25) is 4.79 Å². The molecule has 0 saturated carbocycles. The van der Waals surface area contributed by atoms with Gasteiger partial charge in [0, 0.05) is 25.0 Å². The second-order valence-electron chi connectivity index (χ2n) is 4.75. The standard InChI is InChI=1S/C15H14N4O3/c1-11(20)17-10-19-8-14(15(21)22-19)12-2-4-13(5-3-12)18-7-6-16-9-18/h2-9H,10H2,1H3,(H,17,20). The second-order valence-corrected chi connectivity index (χ2v) is 4.75. The van der Waals surface area contributed by atoms with Crippen LogP contribution in [-0.4, -0.2) is 20.2 Å². The van der Waals surface area contributed by atoms with E-state index < -0.39 is 5.63 Å². The monoisotopic (exact) mass is 298 g/mol. The highest BCUT2D eigenvalue weighted by Gasteiger charge is 2.09.